The molecule has 0 bridgehead atoms. The smallest absolute Gasteiger partial charge is 0.378 e. The molecule has 9 nitrogen and oxygen atoms in total. The van der Waals surface area contributed by atoms with Gasteiger partial charge in [-0.25, -0.2) is 9.97 Å². The summed E-state index contributed by atoms with van der Waals surface area (Å²) in [5, 5.41) is 8.32. The van der Waals surface area contributed by atoms with E-state index in [1.807, 2.05) is 0 Å². The fourth-order valence-electron chi connectivity index (χ4n) is 3.76. The fourth-order valence-corrected chi connectivity index (χ4v) is 4.13. The summed E-state index contributed by atoms with van der Waals surface area (Å²) in [7, 11) is 0. The molecule has 2 aromatic heterocycles. The minimum absolute atomic E-state index is 0.00397. The highest BCUT2D eigenvalue weighted by molar-refractivity contribution is 9.10. The van der Waals surface area contributed by atoms with Crippen LogP contribution in [-0.4, -0.2) is 45.5 Å². The topological polar surface area (TPSA) is 118 Å². The Morgan fingerprint density at radius 1 is 1.14 bits per heavy atom. The van der Waals surface area contributed by atoms with E-state index in [4.69, 9.17) is 4.74 Å². The predicted octanol–water partition coefficient (Wildman–Crippen LogP) is 4.16. The zero-order valence-electron chi connectivity index (χ0n) is 19.5. The van der Waals surface area contributed by atoms with Crippen LogP contribution in [0.3, 0.4) is 0 Å². The highest BCUT2D eigenvalue weighted by Crippen LogP contribution is 2.37. The van der Waals surface area contributed by atoms with Gasteiger partial charge in [-0.1, -0.05) is 15.9 Å². The Hall–Kier alpha value is -3.58. The average molecular weight is 579 g/mol. The quantitative estimate of drug-likeness (QED) is 0.385. The van der Waals surface area contributed by atoms with Gasteiger partial charge in [0.25, 0.3) is 5.91 Å². The Morgan fingerprint density at radius 3 is 2.51 bits per heavy atom. The molecule has 2 amide bonds. The summed E-state index contributed by atoms with van der Waals surface area (Å²) in [4.78, 5) is 37.8. The fraction of sp³-hybridized carbons (Fsp3) is 0.292. The van der Waals surface area contributed by atoms with Crippen molar-refractivity contribution in [2.24, 2.45) is 0 Å². The molecule has 13 heteroatoms. The van der Waals surface area contributed by atoms with E-state index in [9.17, 15) is 22.8 Å². The number of nitrogens with one attached hydrogen (secondary N) is 3. The van der Waals surface area contributed by atoms with E-state index in [0.717, 1.165) is 6.07 Å². The maximum absolute atomic E-state index is 13.4. The van der Waals surface area contributed by atoms with E-state index in [1.165, 1.54) is 37.1 Å². The number of pyridine rings is 1. The molecule has 1 aliphatic rings. The first-order chi connectivity index (χ1) is 17.6. The van der Waals surface area contributed by atoms with E-state index in [0.29, 0.717) is 22.5 Å². The highest BCUT2D eigenvalue weighted by Gasteiger charge is 2.44. The molecule has 0 saturated carbocycles. The van der Waals surface area contributed by atoms with Crippen LogP contribution in [0.4, 0.5) is 24.5 Å². The van der Waals surface area contributed by atoms with Crippen molar-refractivity contribution in [2.75, 3.05) is 18.5 Å². The lowest BCUT2D eigenvalue weighted by Gasteiger charge is -2.29. The van der Waals surface area contributed by atoms with E-state index in [2.05, 4.69) is 46.8 Å². The third-order valence-corrected chi connectivity index (χ3v) is 6.27. The van der Waals surface area contributed by atoms with Gasteiger partial charge in [0.1, 0.15) is 11.9 Å². The summed E-state index contributed by atoms with van der Waals surface area (Å²) in [5.41, 5.74) is -1.19. The Morgan fingerprint density at radius 2 is 1.89 bits per heavy atom. The Balaban J connectivity index is 1.44. The van der Waals surface area contributed by atoms with Crippen LogP contribution < -0.4 is 16.0 Å². The molecule has 1 fully saturated rings. The number of carbonyl (C=O) groups excluding carboxylic acids is 2. The van der Waals surface area contributed by atoms with Crippen LogP contribution in [0.5, 0.6) is 0 Å². The summed E-state index contributed by atoms with van der Waals surface area (Å²) in [5.74, 6) is -0.954. The van der Waals surface area contributed by atoms with Crippen LogP contribution >= 0.6 is 15.9 Å². The number of halogens is 4. The second-order valence-electron chi connectivity index (χ2n) is 8.45. The molecular weight excluding hydrogens is 557 g/mol. The minimum atomic E-state index is -4.54. The molecule has 3 heterocycles. The molecule has 0 radical (unpaired) electrons. The number of anilines is 2. The average Bonchev–Trinajstić information content (AvgIpc) is 3.35. The van der Waals surface area contributed by atoms with Gasteiger partial charge in [0.05, 0.1) is 47.0 Å². The minimum Gasteiger partial charge on any atom is -0.378 e. The van der Waals surface area contributed by atoms with Crippen molar-refractivity contribution >= 4 is 39.1 Å². The van der Waals surface area contributed by atoms with Crippen LogP contribution in [-0.2, 0) is 15.7 Å². The summed E-state index contributed by atoms with van der Waals surface area (Å²) >= 11 is 3.06. The van der Waals surface area contributed by atoms with Gasteiger partial charge in [0.15, 0.2) is 0 Å². The van der Waals surface area contributed by atoms with Crippen LogP contribution in [0.1, 0.15) is 41.0 Å². The predicted molar refractivity (Wildman–Crippen MR) is 131 cm³/mol. The number of ether oxygens (including phenoxy) is 1. The zero-order valence-corrected chi connectivity index (χ0v) is 21.1. The third-order valence-electron chi connectivity index (χ3n) is 5.78. The molecule has 0 unspecified atom stereocenters. The first kappa shape index (κ1) is 26.5. The highest BCUT2D eigenvalue weighted by atomic mass is 79.9. The molecule has 1 aromatic carbocycles. The molecule has 3 aromatic rings. The van der Waals surface area contributed by atoms with Gasteiger partial charge in [-0.2, -0.15) is 13.2 Å². The SMILES string of the molecule is C[C@H](NC(=O)[C@]1(NC(=O)c2cncnc2)CCOC1)c1ccc(Nc2ccc(Br)cc2C(F)(F)F)cn1. The first-order valence-electron chi connectivity index (χ1n) is 11.1. The maximum atomic E-state index is 13.4. The van der Waals surface area contributed by atoms with Crippen molar-refractivity contribution in [3.8, 4) is 0 Å². The summed E-state index contributed by atoms with van der Waals surface area (Å²) in [6, 6.07) is 6.42. The number of hydrogen-bond acceptors (Lipinski definition) is 7. The van der Waals surface area contributed by atoms with Gasteiger partial charge in [-0.15, -0.1) is 0 Å². The maximum Gasteiger partial charge on any atom is 0.418 e. The normalized spacial score (nSPS) is 18.2. The van der Waals surface area contributed by atoms with Gasteiger partial charge in [-0.05, 0) is 37.3 Å². The zero-order chi connectivity index (χ0) is 26.6. The van der Waals surface area contributed by atoms with Crippen molar-refractivity contribution in [2.45, 2.75) is 31.1 Å². The second kappa shape index (κ2) is 10.8. The monoisotopic (exact) mass is 578 g/mol. The van der Waals surface area contributed by atoms with Crippen molar-refractivity contribution in [1.29, 1.82) is 0 Å². The molecule has 0 spiro atoms. The van der Waals surface area contributed by atoms with E-state index in [1.54, 1.807) is 19.1 Å². The summed E-state index contributed by atoms with van der Waals surface area (Å²) in [6.45, 7) is 2.00. The van der Waals surface area contributed by atoms with Crippen molar-refractivity contribution in [1.82, 2.24) is 25.6 Å². The number of alkyl halides is 3. The number of carbonyl (C=O) groups is 2. The second-order valence-corrected chi connectivity index (χ2v) is 9.36. The Labute approximate surface area is 218 Å². The molecule has 2 atom stereocenters. The number of aromatic nitrogens is 3. The number of hydrogen-bond donors (Lipinski definition) is 3. The Kier molecular flexibility index (Phi) is 7.73. The van der Waals surface area contributed by atoms with Gasteiger partial charge >= 0.3 is 6.18 Å². The van der Waals surface area contributed by atoms with Gasteiger partial charge < -0.3 is 20.7 Å². The molecule has 3 N–H and O–H groups in total. The molecule has 194 valence electrons. The molecule has 1 aliphatic heterocycles. The molecule has 1 saturated heterocycles. The van der Waals surface area contributed by atoms with Crippen LogP contribution in [0.15, 0.2) is 59.7 Å². The first-order valence-corrected chi connectivity index (χ1v) is 11.9. The van der Waals surface area contributed by atoms with Gasteiger partial charge in [0, 0.05) is 29.9 Å². The van der Waals surface area contributed by atoms with Crippen molar-refractivity contribution in [3.63, 3.8) is 0 Å². The van der Waals surface area contributed by atoms with E-state index in [-0.39, 0.29) is 24.3 Å². The van der Waals surface area contributed by atoms with Crippen LogP contribution in [0, 0.1) is 0 Å². The van der Waals surface area contributed by atoms with Gasteiger partial charge in [0.2, 0.25) is 5.91 Å². The third kappa shape index (κ3) is 6.23. The summed E-state index contributed by atoms with van der Waals surface area (Å²) < 4.78 is 45.9. The van der Waals surface area contributed by atoms with Crippen LogP contribution in [0.25, 0.3) is 0 Å². The standard InChI is InChI=1S/C24H22BrF3N6O3/c1-14(32-22(36)23(6-7-37-12-23)34-21(35)15-9-29-13-30-10-15)19-5-3-17(11-31-19)33-20-4-2-16(25)8-18(20)24(26,27)28/h2-5,8-11,13-14,33H,6-7,12H2,1H3,(H,32,36)(H,34,35)/t14-,23-/m0/s1. The van der Waals surface area contributed by atoms with Crippen LogP contribution in [0.2, 0.25) is 0 Å². The number of benzene rings is 1. The largest absolute Gasteiger partial charge is 0.418 e. The number of rotatable bonds is 7. The molecule has 0 aliphatic carbocycles. The molecule has 37 heavy (non-hydrogen) atoms. The lowest BCUT2D eigenvalue weighted by molar-refractivity contribution is -0.137. The van der Waals surface area contributed by atoms with E-state index >= 15 is 0 Å². The van der Waals surface area contributed by atoms with Gasteiger partial charge in [-0.3, -0.25) is 14.6 Å². The number of amides is 2. The lowest BCUT2D eigenvalue weighted by atomic mass is 9.96. The Bertz CT molecular complexity index is 1270. The molecule has 4 rings (SSSR count). The summed E-state index contributed by atoms with van der Waals surface area (Å²) in [6.07, 6.45) is 1.10. The van der Waals surface area contributed by atoms with E-state index < -0.39 is 35.1 Å². The number of nitrogens with zero attached hydrogens (tertiary/aromatic N) is 3. The lowest BCUT2D eigenvalue weighted by Crippen LogP contribution is -2.59. The van der Waals surface area contributed by atoms with Crippen molar-refractivity contribution < 1.29 is 27.5 Å². The van der Waals surface area contributed by atoms with Crippen molar-refractivity contribution in [3.05, 3.63) is 76.5 Å². The molecular formula is C24H22BrF3N6O3.